The molecular weight excluding hydrogens is 312 g/mol. The summed E-state index contributed by atoms with van der Waals surface area (Å²) in [5, 5.41) is 0. The number of ether oxygens (including phenoxy) is 2. The zero-order valence-corrected chi connectivity index (χ0v) is 16.0. The highest BCUT2D eigenvalue weighted by atomic mass is 16.7. The number of ketones is 1. The highest BCUT2D eigenvalue weighted by Gasteiger charge is 2.61. The lowest BCUT2D eigenvalue weighted by Crippen LogP contribution is -2.52. The van der Waals surface area contributed by atoms with Gasteiger partial charge in [0.25, 0.3) is 0 Å². The van der Waals surface area contributed by atoms with Crippen LogP contribution in [0.2, 0.25) is 0 Å². The Balaban J connectivity index is 1.39. The van der Waals surface area contributed by atoms with E-state index in [0.717, 1.165) is 49.7 Å². The van der Waals surface area contributed by atoms with Crippen molar-refractivity contribution < 1.29 is 14.3 Å². The summed E-state index contributed by atoms with van der Waals surface area (Å²) < 4.78 is 12.2. The predicted octanol–water partition coefficient (Wildman–Crippen LogP) is 4.59. The van der Waals surface area contributed by atoms with Gasteiger partial charge in [-0.1, -0.05) is 6.92 Å². The van der Waals surface area contributed by atoms with E-state index in [1.807, 2.05) is 0 Å². The van der Waals surface area contributed by atoms with E-state index in [1.165, 1.54) is 44.9 Å². The lowest BCUT2D eigenvalue weighted by molar-refractivity contribution is -0.215. The molecule has 4 aliphatic carbocycles. The van der Waals surface area contributed by atoms with Gasteiger partial charge in [-0.25, -0.2) is 0 Å². The Hall–Kier alpha value is -0.410. The molecule has 0 radical (unpaired) electrons. The van der Waals surface area contributed by atoms with Crippen LogP contribution in [0.4, 0.5) is 0 Å². The summed E-state index contributed by atoms with van der Waals surface area (Å²) in [7, 11) is 0. The van der Waals surface area contributed by atoms with E-state index in [4.69, 9.17) is 9.47 Å². The van der Waals surface area contributed by atoms with Crippen LogP contribution in [0.3, 0.4) is 0 Å². The average Bonchev–Trinajstić information content (AvgIpc) is 3.18. The van der Waals surface area contributed by atoms with Crippen molar-refractivity contribution in [2.45, 2.75) is 77.4 Å². The van der Waals surface area contributed by atoms with Crippen molar-refractivity contribution in [3.63, 3.8) is 0 Å². The molecule has 5 aliphatic rings. The first-order valence-corrected chi connectivity index (χ1v) is 10.8. The largest absolute Gasteiger partial charge is 0.348 e. The fourth-order valence-electron chi connectivity index (χ4n) is 8.25. The summed E-state index contributed by atoms with van der Waals surface area (Å²) in [5.41, 5.74) is 0.386. The van der Waals surface area contributed by atoms with E-state index in [-0.39, 0.29) is 5.79 Å². The number of hydrogen-bond donors (Lipinski definition) is 0. The summed E-state index contributed by atoms with van der Waals surface area (Å²) in [6.45, 7) is 6.28. The van der Waals surface area contributed by atoms with Gasteiger partial charge in [-0.15, -0.1) is 0 Å². The van der Waals surface area contributed by atoms with Crippen LogP contribution in [0.5, 0.6) is 0 Å². The molecule has 0 spiro atoms. The number of Topliss-reactive ketones (excluding diaryl/α,β-unsaturated/α-hetero) is 1. The number of carbonyl (C=O) groups excluding carboxylic acids is 1. The van der Waals surface area contributed by atoms with Crippen molar-refractivity contribution in [2.24, 2.45) is 40.9 Å². The van der Waals surface area contributed by atoms with Crippen LogP contribution in [0, 0.1) is 40.9 Å². The first kappa shape index (κ1) is 16.7. The van der Waals surface area contributed by atoms with Gasteiger partial charge < -0.3 is 9.47 Å². The van der Waals surface area contributed by atoms with E-state index in [9.17, 15) is 4.79 Å². The van der Waals surface area contributed by atoms with E-state index in [2.05, 4.69) is 13.8 Å². The molecule has 0 aromatic carbocycles. The molecule has 5 rings (SSSR count). The van der Waals surface area contributed by atoms with Crippen molar-refractivity contribution in [3.8, 4) is 0 Å². The molecule has 1 heterocycles. The smallest absolute Gasteiger partial charge is 0.169 e. The summed E-state index contributed by atoms with van der Waals surface area (Å²) >= 11 is 0. The molecule has 0 amide bonds. The van der Waals surface area contributed by atoms with Crippen molar-refractivity contribution >= 4 is 5.78 Å². The van der Waals surface area contributed by atoms with Crippen LogP contribution in [-0.4, -0.2) is 24.8 Å². The quantitative estimate of drug-likeness (QED) is 0.697. The molecule has 4 saturated carbocycles. The monoisotopic (exact) mass is 346 g/mol. The molecule has 0 N–H and O–H groups in total. The molecule has 0 aromatic heterocycles. The average molecular weight is 347 g/mol. The second-order valence-corrected chi connectivity index (χ2v) is 10.1. The second-order valence-electron chi connectivity index (χ2n) is 10.1. The molecule has 7 unspecified atom stereocenters. The third kappa shape index (κ3) is 2.41. The van der Waals surface area contributed by atoms with Gasteiger partial charge in [0.2, 0.25) is 0 Å². The second kappa shape index (κ2) is 5.79. The molecule has 3 heteroatoms. The normalized spacial score (nSPS) is 51.7. The Bertz CT molecular complexity index is 551. The molecule has 1 saturated heterocycles. The maximum atomic E-state index is 11.9. The van der Waals surface area contributed by atoms with E-state index >= 15 is 0 Å². The third-order valence-electron chi connectivity index (χ3n) is 9.26. The minimum absolute atomic E-state index is 0.342. The van der Waals surface area contributed by atoms with E-state index < -0.39 is 0 Å². The van der Waals surface area contributed by atoms with Gasteiger partial charge in [0.05, 0.1) is 13.2 Å². The summed E-state index contributed by atoms with van der Waals surface area (Å²) in [5.74, 6) is 4.93. The molecule has 0 bridgehead atoms. The molecule has 0 aromatic rings. The van der Waals surface area contributed by atoms with Crippen LogP contribution < -0.4 is 0 Å². The van der Waals surface area contributed by atoms with E-state index in [1.54, 1.807) is 0 Å². The Morgan fingerprint density at radius 1 is 0.880 bits per heavy atom. The lowest BCUT2D eigenvalue weighted by atomic mass is 9.49. The topological polar surface area (TPSA) is 35.5 Å². The minimum Gasteiger partial charge on any atom is -0.348 e. The van der Waals surface area contributed by atoms with Gasteiger partial charge >= 0.3 is 0 Å². The van der Waals surface area contributed by atoms with Crippen LogP contribution in [-0.2, 0) is 14.3 Å². The number of hydrogen-bond acceptors (Lipinski definition) is 3. The lowest BCUT2D eigenvalue weighted by Gasteiger charge is -2.56. The Morgan fingerprint density at radius 2 is 1.68 bits per heavy atom. The fraction of sp³-hybridized carbons (Fsp3) is 0.955. The predicted molar refractivity (Wildman–Crippen MR) is 95.9 cm³/mol. The summed E-state index contributed by atoms with van der Waals surface area (Å²) in [6.07, 6.45) is 10.9. The van der Waals surface area contributed by atoms with Crippen LogP contribution in [0.15, 0.2) is 0 Å². The molecule has 7 atom stereocenters. The molecule has 1 aliphatic heterocycles. The minimum atomic E-state index is -0.342. The van der Waals surface area contributed by atoms with E-state index in [0.29, 0.717) is 23.0 Å². The van der Waals surface area contributed by atoms with Gasteiger partial charge in [-0.3, -0.25) is 4.79 Å². The Labute approximate surface area is 152 Å². The van der Waals surface area contributed by atoms with Crippen LogP contribution >= 0.6 is 0 Å². The Morgan fingerprint density at radius 3 is 2.48 bits per heavy atom. The van der Waals surface area contributed by atoms with Crippen molar-refractivity contribution in [3.05, 3.63) is 0 Å². The zero-order chi connectivity index (χ0) is 17.2. The fourth-order valence-corrected chi connectivity index (χ4v) is 8.25. The van der Waals surface area contributed by atoms with Gasteiger partial charge in [-0.2, -0.15) is 0 Å². The highest BCUT2D eigenvalue weighted by Crippen LogP contribution is 2.66. The van der Waals surface area contributed by atoms with Gasteiger partial charge in [0.15, 0.2) is 5.79 Å². The van der Waals surface area contributed by atoms with Crippen molar-refractivity contribution in [1.82, 2.24) is 0 Å². The van der Waals surface area contributed by atoms with Gasteiger partial charge in [-0.05, 0) is 86.9 Å². The van der Waals surface area contributed by atoms with Gasteiger partial charge in [0, 0.05) is 18.8 Å². The van der Waals surface area contributed by atoms with Gasteiger partial charge in [0.1, 0.15) is 5.78 Å². The summed E-state index contributed by atoms with van der Waals surface area (Å²) in [6, 6.07) is 0. The maximum absolute atomic E-state index is 11.9. The SMILES string of the molecule is CC1(C2CCC3C4CCC5CC(=O)CCC5C4CCC32C)OCCO1. The molecule has 3 nitrogen and oxygen atoms in total. The number of rotatable bonds is 1. The standard InChI is InChI=1S/C22H34O3/c1-21-10-9-17-16-6-4-15(23)13-14(16)3-5-18(17)19(21)7-8-20(21)22(2)24-11-12-25-22/h14,16-20H,3-13H2,1-2H3. The number of carbonyl (C=O) groups is 1. The Kier molecular flexibility index (Phi) is 3.88. The van der Waals surface area contributed by atoms with Crippen LogP contribution in [0.25, 0.3) is 0 Å². The molecule has 140 valence electrons. The summed E-state index contributed by atoms with van der Waals surface area (Å²) in [4.78, 5) is 11.9. The maximum Gasteiger partial charge on any atom is 0.169 e. The zero-order valence-electron chi connectivity index (χ0n) is 16.0. The highest BCUT2D eigenvalue weighted by molar-refractivity contribution is 5.79. The van der Waals surface area contributed by atoms with Crippen molar-refractivity contribution in [1.29, 1.82) is 0 Å². The first-order chi connectivity index (χ1) is 12.0. The number of fused-ring (bicyclic) bond motifs is 5. The molecular formula is C22H34O3. The molecule has 5 fully saturated rings. The third-order valence-corrected chi connectivity index (χ3v) is 9.26. The first-order valence-electron chi connectivity index (χ1n) is 10.8. The van der Waals surface area contributed by atoms with Crippen molar-refractivity contribution in [2.75, 3.05) is 13.2 Å². The van der Waals surface area contributed by atoms with Crippen LogP contribution in [0.1, 0.15) is 71.6 Å². The molecule has 25 heavy (non-hydrogen) atoms.